The molecule has 0 fully saturated rings. The molecular formula is C18H22N4O2S. The Morgan fingerprint density at radius 3 is 2.80 bits per heavy atom. The third kappa shape index (κ3) is 4.00. The lowest BCUT2D eigenvalue weighted by Gasteiger charge is -2.14. The Kier molecular flexibility index (Phi) is 5.35. The fourth-order valence-electron chi connectivity index (χ4n) is 2.61. The molecule has 0 bridgehead atoms. The zero-order chi connectivity index (χ0) is 17.8. The highest BCUT2D eigenvalue weighted by molar-refractivity contribution is 7.19. The smallest absolute Gasteiger partial charge is 0.191 e. The maximum atomic E-state index is 10.4. The molecule has 3 rings (SSSR count). The van der Waals surface area contributed by atoms with Gasteiger partial charge in [-0.3, -0.25) is 4.99 Å². The molecule has 0 saturated heterocycles. The van der Waals surface area contributed by atoms with Crippen LogP contribution in [0.3, 0.4) is 0 Å². The number of aryl methyl sites for hydroxylation is 2. The van der Waals surface area contributed by atoms with E-state index in [-0.39, 0.29) is 0 Å². The number of guanidine groups is 1. The first kappa shape index (κ1) is 17.4. The van der Waals surface area contributed by atoms with Crippen molar-refractivity contribution >= 4 is 27.4 Å². The van der Waals surface area contributed by atoms with Crippen LogP contribution in [-0.4, -0.2) is 29.8 Å². The van der Waals surface area contributed by atoms with E-state index in [2.05, 4.69) is 32.9 Å². The van der Waals surface area contributed by atoms with Crippen LogP contribution in [-0.2, 0) is 6.54 Å². The Labute approximate surface area is 150 Å². The molecule has 0 aliphatic carbocycles. The molecule has 0 saturated carbocycles. The molecule has 3 N–H and O–H groups in total. The molecule has 7 heteroatoms. The first-order chi connectivity index (χ1) is 12.1. The van der Waals surface area contributed by atoms with Crippen molar-refractivity contribution in [1.29, 1.82) is 0 Å². The van der Waals surface area contributed by atoms with Gasteiger partial charge >= 0.3 is 0 Å². The molecule has 2 heterocycles. The SMILES string of the molecule is CN=C(NCc1c(C)noc1C)NCC(O)c1cc2ccccc2s1. The molecule has 1 unspecified atom stereocenters. The Hall–Kier alpha value is -2.38. The van der Waals surface area contributed by atoms with Crippen LogP contribution in [0.4, 0.5) is 0 Å². The predicted molar refractivity (Wildman–Crippen MR) is 101 cm³/mol. The summed E-state index contributed by atoms with van der Waals surface area (Å²) in [5.74, 6) is 1.42. The van der Waals surface area contributed by atoms with Crippen molar-refractivity contribution < 1.29 is 9.63 Å². The summed E-state index contributed by atoms with van der Waals surface area (Å²) < 4.78 is 6.34. The van der Waals surface area contributed by atoms with Crippen LogP contribution in [0.1, 0.15) is 28.0 Å². The van der Waals surface area contributed by atoms with E-state index in [9.17, 15) is 5.11 Å². The van der Waals surface area contributed by atoms with E-state index in [4.69, 9.17) is 4.52 Å². The molecule has 25 heavy (non-hydrogen) atoms. The summed E-state index contributed by atoms with van der Waals surface area (Å²) in [6.45, 7) is 4.75. The van der Waals surface area contributed by atoms with Gasteiger partial charge in [0.15, 0.2) is 5.96 Å². The minimum Gasteiger partial charge on any atom is -0.386 e. The molecular weight excluding hydrogens is 336 g/mol. The van der Waals surface area contributed by atoms with E-state index < -0.39 is 6.10 Å². The molecule has 0 aliphatic heterocycles. The van der Waals surface area contributed by atoms with Gasteiger partial charge in [-0.15, -0.1) is 11.3 Å². The zero-order valence-corrected chi connectivity index (χ0v) is 15.4. The molecule has 1 aromatic carbocycles. The van der Waals surface area contributed by atoms with Crippen molar-refractivity contribution in [2.75, 3.05) is 13.6 Å². The highest BCUT2D eigenvalue weighted by Gasteiger charge is 2.13. The summed E-state index contributed by atoms with van der Waals surface area (Å²) in [5, 5.41) is 21.9. The predicted octanol–water partition coefficient (Wildman–Crippen LogP) is 2.90. The molecule has 6 nitrogen and oxygen atoms in total. The number of aromatic nitrogens is 1. The highest BCUT2D eigenvalue weighted by atomic mass is 32.1. The molecule has 0 radical (unpaired) electrons. The Balaban J connectivity index is 1.57. The lowest BCUT2D eigenvalue weighted by Crippen LogP contribution is -2.39. The van der Waals surface area contributed by atoms with Crippen LogP contribution < -0.4 is 10.6 Å². The molecule has 132 valence electrons. The van der Waals surface area contributed by atoms with Crippen LogP contribution in [0.25, 0.3) is 10.1 Å². The Morgan fingerprint density at radius 1 is 1.32 bits per heavy atom. The number of benzene rings is 1. The molecule has 0 aliphatic rings. The fraction of sp³-hybridized carbons (Fsp3) is 0.333. The lowest BCUT2D eigenvalue weighted by atomic mass is 10.2. The molecule has 2 aromatic heterocycles. The van der Waals surface area contributed by atoms with E-state index in [1.807, 2.05) is 32.0 Å². The fourth-order valence-corrected chi connectivity index (χ4v) is 3.66. The number of hydrogen-bond acceptors (Lipinski definition) is 5. The van der Waals surface area contributed by atoms with Gasteiger partial charge in [0.1, 0.15) is 11.9 Å². The van der Waals surface area contributed by atoms with Crippen molar-refractivity contribution in [2.45, 2.75) is 26.5 Å². The third-order valence-corrected chi connectivity index (χ3v) is 5.29. The number of nitrogens with one attached hydrogen (secondary N) is 2. The van der Waals surface area contributed by atoms with Gasteiger partial charge in [-0.1, -0.05) is 23.4 Å². The van der Waals surface area contributed by atoms with Crippen molar-refractivity contribution in [1.82, 2.24) is 15.8 Å². The van der Waals surface area contributed by atoms with Gasteiger partial charge in [0, 0.05) is 35.3 Å². The van der Waals surface area contributed by atoms with Crippen LogP contribution >= 0.6 is 11.3 Å². The summed E-state index contributed by atoms with van der Waals surface area (Å²) in [4.78, 5) is 5.13. The van der Waals surface area contributed by atoms with Gasteiger partial charge in [0.25, 0.3) is 0 Å². The number of aliphatic hydroxyl groups is 1. The molecule has 1 atom stereocenters. The first-order valence-electron chi connectivity index (χ1n) is 8.11. The zero-order valence-electron chi connectivity index (χ0n) is 14.5. The average molecular weight is 358 g/mol. The number of aliphatic imine (C=N–C) groups is 1. The van der Waals surface area contributed by atoms with E-state index >= 15 is 0 Å². The van der Waals surface area contributed by atoms with Crippen LogP contribution in [0.2, 0.25) is 0 Å². The second-order valence-corrected chi connectivity index (χ2v) is 6.93. The van der Waals surface area contributed by atoms with Gasteiger partial charge < -0.3 is 20.3 Å². The lowest BCUT2D eigenvalue weighted by molar-refractivity contribution is 0.184. The first-order valence-corrected chi connectivity index (χ1v) is 8.93. The monoisotopic (exact) mass is 358 g/mol. The maximum absolute atomic E-state index is 10.4. The number of rotatable bonds is 5. The summed E-state index contributed by atoms with van der Waals surface area (Å²) in [6, 6.07) is 10.2. The molecule has 0 spiro atoms. The topological polar surface area (TPSA) is 82.7 Å². The summed E-state index contributed by atoms with van der Waals surface area (Å²) >= 11 is 1.61. The van der Waals surface area contributed by atoms with Gasteiger partial charge in [0.05, 0.1) is 5.69 Å². The largest absolute Gasteiger partial charge is 0.386 e. The minimum absolute atomic E-state index is 0.383. The quantitative estimate of drug-likeness (QED) is 0.482. The van der Waals surface area contributed by atoms with E-state index in [1.54, 1.807) is 18.4 Å². The molecule has 3 aromatic rings. The minimum atomic E-state index is -0.588. The second kappa shape index (κ2) is 7.67. The number of hydrogen-bond donors (Lipinski definition) is 3. The number of nitrogens with zero attached hydrogens (tertiary/aromatic N) is 2. The summed E-state index contributed by atoms with van der Waals surface area (Å²) in [6.07, 6.45) is -0.588. The van der Waals surface area contributed by atoms with Gasteiger partial charge in [-0.2, -0.15) is 0 Å². The van der Waals surface area contributed by atoms with Crippen LogP contribution in [0, 0.1) is 13.8 Å². The van der Waals surface area contributed by atoms with Crippen molar-refractivity contribution in [3.05, 3.63) is 52.2 Å². The number of thiophene rings is 1. The van der Waals surface area contributed by atoms with Crippen molar-refractivity contribution in [2.24, 2.45) is 4.99 Å². The van der Waals surface area contributed by atoms with E-state index in [0.717, 1.165) is 27.3 Å². The van der Waals surface area contributed by atoms with Crippen LogP contribution in [0.5, 0.6) is 0 Å². The van der Waals surface area contributed by atoms with E-state index in [1.165, 1.54) is 4.70 Å². The Bertz CT molecular complexity index is 832. The van der Waals surface area contributed by atoms with E-state index in [0.29, 0.717) is 19.0 Å². The van der Waals surface area contributed by atoms with Gasteiger partial charge in [0.2, 0.25) is 0 Å². The van der Waals surface area contributed by atoms with Crippen molar-refractivity contribution in [3.8, 4) is 0 Å². The van der Waals surface area contributed by atoms with Crippen molar-refractivity contribution in [3.63, 3.8) is 0 Å². The summed E-state index contributed by atoms with van der Waals surface area (Å²) in [7, 11) is 1.70. The molecule has 0 amide bonds. The number of fused-ring (bicyclic) bond motifs is 1. The van der Waals surface area contributed by atoms with Gasteiger partial charge in [-0.25, -0.2) is 0 Å². The normalized spacial score (nSPS) is 13.2. The number of aliphatic hydroxyl groups excluding tert-OH is 1. The standard InChI is InChI=1S/C18H22N4O2S/c1-11-14(12(2)24-22-11)9-20-18(19-3)21-10-15(23)17-8-13-6-4-5-7-16(13)25-17/h4-8,15,23H,9-10H2,1-3H3,(H2,19,20,21). The summed E-state index contributed by atoms with van der Waals surface area (Å²) in [5.41, 5.74) is 1.89. The second-order valence-electron chi connectivity index (χ2n) is 5.81. The Morgan fingerprint density at radius 2 is 2.12 bits per heavy atom. The highest BCUT2D eigenvalue weighted by Crippen LogP contribution is 2.29. The van der Waals surface area contributed by atoms with Gasteiger partial charge in [-0.05, 0) is 31.4 Å². The third-order valence-electron chi connectivity index (χ3n) is 4.07. The van der Waals surface area contributed by atoms with Crippen LogP contribution in [0.15, 0.2) is 39.8 Å². The average Bonchev–Trinajstić information content (AvgIpc) is 3.19. The maximum Gasteiger partial charge on any atom is 0.191 e.